The molecule has 1 unspecified atom stereocenters. The van der Waals surface area contributed by atoms with E-state index in [0.717, 1.165) is 37.3 Å². The second-order valence-electron chi connectivity index (χ2n) is 4.71. The van der Waals surface area contributed by atoms with Crippen molar-refractivity contribution in [2.24, 2.45) is 7.05 Å². The van der Waals surface area contributed by atoms with E-state index in [4.69, 9.17) is 0 Å². The highest BCUT2D eigenvalue weighted by Crippen LogP contribution is 2.24. The molecule has 6 heteroatoms. The molecule has 2 rings (SSSR count). The van der Waals surface area contributed by atoms with Crippen molar-refractivity contribution in [3.05, 3.63) is 11.8 Å². The Kier molecular flexibility index (Phi) is 4.76. The van der Waals surface area contributed by atoms with E-state index in [-0.39, 0.29) is 18.3 Å². The summed E-state index contributed by atoms with van der Waals surface area (Å²) in [6, 6.07) is 1.89. The smallest absolute Gasteiger partial charge is 0.245 e. The summed E-state index contributed by atoms with van der Waals surface area (Å²) in [6.45, 7) is 4.89. The zero-order chi connectivity index (χ0) is 12.5. The Bertz CT molecular complexity index is 424. The number of nitrogens with zero attached hydrogens (tertiary/aromatic N) is 2. The van der Waals surface area contributed by atoms with Crippen LogP contribution in [0, 0.1) is 6.92 Å². The Morgan fingerprint density at radius 2 is 2.39 bits per heavy atom. The number of anilines is 1. The minimum Gasteiger partial charge on any atom is -0.309 e. The average molecular weight is 273 g/mol. The highest BCUT2D eigenvalue weighted by atomic mass is 35.5. The normalized spacial score (nSPS) is 22.6. The summed E-state index contributed by atoms with van der Waals surface area (Å²) < 4.78 is 1.70. The first-order valence-electron chi connectivity index (χ1n) is 6.14. The van der Waals surface area contributed by atoms with E-state index in [9.17, 15) is 4.79 Å². The van der Waals surface area contributed by atoms with Crippen molar-refractivity contribution in [3.63, 3.8) is 0 Å². The van der Waals surface area contributed by atoms with Crippen LogP contribution in [0.25, 0.3) is 0 Å². The maximum atomic E-state index is 12.3. The van der Waals surface area contributed by atoms with E-state index in [0.29, 0.717) is 0 Å². The first-order valence-corrected chi connectivity index (χ1v) is 6.14. The third-order valence-electron chi connectivity index (χ3n) is 3.53. The summed E-state index contributed by atoms with van der Waals surface area (Å²) in [5.41, 5.74) is 0.519. The quantitative estimate of drug-likeness (QED) is 0.879. The van der Waals surface area contributed by atoms with Gasteiger partial charge < -0.3 is 10.6 Å². The summed E-state index contributed by atoms with van der Waals surface area (Å²) >= 11 is 0. The van der Waals surface area contributed by atoms with Crippen LogP contribution in [0.2, 0.25) is 0 Å². The van der Waals surface area contributed by atoms with E-state index >= 15 is 0 Å². The molecule has 5 nitrogen and oxygen atoms in total. The van der Waals surface area contributed by atoms with Crippen LogP contribution in [0.15, 0.2) is 6.07 Å². The number of amides is 1. The Morgan fingerprint density at radius 3 is 2.83 bits per heavy atom. The molecule has 1 atom stereocenters. The standard InChI is InChI=1S/C12H20N4O.ClH/c1-4-12(6-5-7-13-12)11(17)14-10-8-9(2)15-16(10)3;/h8,13H,4-7H2,1-3H3,(H,14,17);1H. The van der Waals surface area contributed by atoms with Crippen molar-refractivity contribution in [3.8, 4) is 0 Å². The number of carbonyl (C=O) groups is 1. The first kappa shape index (κ1) is 15.0. The van der Waals surface area contributed by atoms with Gasteiger partial charge in [-0.3, -0.25) is 9.48 Å². The Hall–Kier alpha value is -1.07. The van der Waals surface area contributed by atoms with Crippen molar-refractivity contribution >= 4 is 24.1 Å². The van der Waals surface area contributed by atoms with Crippen molar-refractivity contribution < 1.29 is 4.79 Å². The third-order valence-corrected chi connectivity index (χ3v) is 3.53. The maximum Gasteiger partial charge on any atom is 0.245 e. The molecule has 1 fully saturated rings. The molecule has 0 aliphatic carbocycles. The molecular formula is C12H21ClN4O. The number of rotatable bonds is 3. The molecule has 1 saturated heterocycles. The lowest BCUT2D eigenvalue weighted by Crippen LogP contribution is -2.50. The van der Waals surface area contributed by atoms with Crippen molar-refractivity contribution in [1.29, 1.82) is 0 Å². The van der Waals surface area contributed by atoms with Gasteiger partial charge >= 0.3 is 0 Å². The zero-order valence-electron chi connectivity index (χ0n) is 11.1. The fourth-order valence-corrected chi connectivity index (χ4v) is 2.43. The summed E-state index contributed by atoms with van der Waals surface area (Å²) in [7, 11) is 1.84. The van der Waals surface area contributed by atoms with Crippen molar-refractivity contribution in [1.82, 2.24) is 15.1 Å². The first-order chi connectivity index (χ1) is 8.07. The minimum absolute atomic E-state index is 0. The van der Waals surface area contributed by atoms with Crippen LogP contribution in [0.5, 0.6) is 0 Å². The predicted octanol–water partition coefficient (Wildman–Crippen LogP) is 1.62. The molecule has 1 aliphatic rings. The zero-order valence-corrected chi connectivity index (χ0v) is 11.9. The number of hydrogen-bond donors (Lipinski definition) is 2. The third kappa shape index (κ3) is 2.67. The lowest BCUT2D eigenvalue weighted by Gasteiger charge is -2.26. The summed E-state index contributed by atoms with van der Waals surface area (Å²) in [6.07, 6.45) is 2.79. The Morgan fingerprint density at radius 1 is 1.67 bits per heavy atom. The van der Waals surface area contributed by atoms with Crippen LogP contribution in [0.1, 0.15) is 31.9 Å². The molecule has 1 amide bonds. The second kappa shape index (κ2) is 5.71. The van der Waals surface area contributed by atoms with E-state index < -0.39 is 5.54 Å². The SMILES string of the molecule is CCC1(C(=O)Nc2cc(C)nn2C)CCCN1.Cl. The molecular weight excluding hydrogens is 252 g/mol. The van der Waals surface area contributed by atoms with Crippen LogP contribution in [-0.2, 0) is 11.8 Å². The Labute approximate surface area is 114 Å². The molecule has 2 heterocycles. The van der Waals surface area contributed by atoms with E-state index in [1.807, 2.05) is 27.0 Å². The molecule has 1 aromatic heterocycles. The second-order valence-corrected chi connectivity index (χ2v) is 4.71. The maximum absolute atomic E-state index is 12.3. The van der Waals surface area contributed by atoms with Gasteiger partial charge in [0.1, 0.15) is 5.82 Å². The molecule has 1 aromatic rings. The van der Waals surface area contributed by atoms with Gasteiger partial charge in [-0.15, -0.1) is 12.4 Å². The molecule has 0 saturated carbocycles. The van der Waals surface area contributed by atoms with Crippen molar-refractivity contribution in [2.45, 2.75) is 38.6 Å². The predicted molar refractivity (Wildman–Crippen MR) is 74.1 cm³/mol. The van der Waals surface area contributed by atoms with Crippen LogP contribution < -0.4 is 10.6 Å². The van der Waals surface area contributed by atoms with E-state index in [1.54, 1.807) is 4.68 Å². The number of halogens is 1. The molecule has 0 radical (unpaired) electrons. The lowest BCUT2D eigenvalue weighted by atomic mass is 9.93. The van der Waals surface area contributed by atoms with E-state index in [2.05, 4.69) is 15.7 Å². The van der Waals surface area contributed by atoms with Gasteiger partial charge in [0, 0.05) is 13.1 Å². The van der Waals surface area contributed by atoms with Gasteiger partial charge in [-0.25, -0.2) is 0 Å². The monoisotopic (exact) mass is 272 g/mol. The minimum atomic E-state index is -0.391. The van der Waals surface area contributed by atoms with E-state index in [1.165, 1.54) is 0 Å². The summed E-state index contributed by atoms with van der Waals surface area (Å²) in [5.74, 6) is 0.814. The van der Waals surface area contributed by atoms with Gasteiger partial charge in [-0.1, -0.05) is 6.92 Å². The number of nitrogens with one attached hydrogen (secondary N) is 2. The highest BCUT2D eigenvalue weighted by molar-refractivity contribution is 5.97. The average Bonchev–Trinajstić information content (AvgIpc) is 2.87. The fourth-order valence-electron chi connectivity index (χ4n) is 2.43. The number of hydrogen-bond acceptors (Lipinski definition) is 3. The molecule has 2 N–H and O–H groups in total. The van der Waals surface area contributed by atoms with Gasteiger partial charge in [0.05, 0.1) is 11.2 Å². The van der Waals surface area contributed by atoms with Crippen LogP contribution in [-0.4, -0.2) is 27.8 Å². The van der Waals surface area contributed by atoms with Crippen LogP contribution in [0.3, 0.4) is 0 Å². The van der Waals surface area contributed by atoms with Gasteiger partial charge in [0.25, 0.3) is 0 Å². The highest BCUT2D eigenvalue weighted by Gasteiger charge is 2.39. The van der Waals surface area contributed by atoms with Crippen LogP contribution in [0.4, 0.5) is 5.82 Å². The summed E-state index contributed by atoms with van der Waals surface area (Å²) in [5, 5.41) is 10.5. The number of aryl methyl sites for hydroxylation is 2. The lowest BCUT2D eigenvalue weighted by molar-refractivity contribution is -0.122. The molecule has 0 aromatic carbocycles. The van der Waals surface area contributed by atoms with Crippen LogP contribution >= 0.6 is 12.4 Å². The van der Waals surface area contributed by atoms with Crippen molar-refractivity contribution in [2.75, 3.05) is 11.9 Å². The fraction of sp³-hybridized carbons (Fsp3) is 0.667. The molecule has 18 heavy (non-hydrogen) atoms. The number of aromatic nitrogens is 2. The summed E-state index contributed by atoms with van der Waals surface area (Å²) in [4.78, 5) is 12.3. The van der Waals surface area contributed by atoms with Gasteiger partial charge in [-0.2, -0.15) is 5.10 Å². The topological polar surface area (TPSA) is 59.0 Å². The molecule has 0 bridgehead atoms. The van der Waals surface area contributed by atoms with Gasteiger partial charge in [0.2, 0.25) is 5.91 Å². The molecule has 0 spiro atoms. The largest absolute Gasteiger partial charge is 0.309 e. The van der Waals surface area contributed by atoms with Gasteiger partial charge in [0.15, 0.2) is 0 Å². The van der Waals surface area contributed by atoms with Gasteiger partial charge in [-0.05, 0) is 32.7 Å². The Balaban J connectivity index is 0.00000162. The number of carbonyl (C=O) groups excluding carboxylic acids is 1. The molecule has 1 aliphatic heterocycles. The molecule has 102 valence electrons.